The van der Waals surface area contributed by atoms with Gasteiger partial charge in [-0.2, -0.15) is 0 Å². The first-order chi connectivity index (χ1) is 19.5. The van der Waals surface area contributed by atoms with E-state index in [-0.39, 0.29) is 18.5 Å². The highest BCUT2D eigenvalue weighted by atomic mass is 79.9. The molecule has 0 spiro atoms. The summed E-state index contributed by atoms with van der Waals surface area (Å²) in [5, 5.41) is 3.19. The van der Waals surface area contributed by atoms with E-state index in [1.165, 1.54) is 4.31 Å². The van der Waals surface area contributed by atoms with Crippen LogP contribution < -0.4 is 9.62 Å². The number of nitrogens with zero attached hydrogens (tertiary/aromatic N) is 2. The molecule has 0 aliphatic heterocycles. The zero-order valence-corrected chi connectivity index (χ0v) is 26.2. The van der Waals surface area contributed by atoms with Crippen LogP contribution in [0, 0.1) is 13.8 Å². The number of carbonyl (C=O) groups is 2. The Kier molecular flexibility index (Phi) is 10.3. The van der Waals surface area contributed by atoms with Crippen molar-refractivity contribution >= 4 is 43.5 Å². The smallest absolute Gasteiger partial charge is 0.244 e. The maximum atomic E-state index is 14.3. The largest absolute Gasteiger partial charge is 0.352 e. The van der Waals surface area contributed by atoms with Crippen molar-refractivity contribution in [3.05, 3.63) is 99.5 Å². The van der Waals surface area contributed by atoms with Crippen molar-refractivity contribution in [2.24, 2.45) is 0 Å². The zero-order valence-electron chi connectivity index (χ0n) is 23.8. The van der Waals surface area contributed by atoms with Crippen molar-refractivity contribution in [1.82, 2.24) is 10.2 Å². The first-order valence-corrected chi connectivity index (χ1v) is 16.6. The van der Waals surface area contributed by atoms with Crippen LogP contribution >= 0.6 is 15.9 Å². The molecule has 0 bridgehead atoms. The predicted octanol–water partition coefficient (Wildman–Crippen LogP) is 5.53. The van der Waals surface area contributed by atoms with Crippen LogP contribution in [0.1, 0.15) is 47.9 Å². The van der Waals surface area contributed by atoms with Gasteiger partial charge in [-0.1, -0.05) is 89.4 Å². The van der Waals surface area contributed by atoms with E-state index >= 15 is 0 Å². The van der Waals surface area contributed by atoms with Gasteiger partial charge in [0.1, 0.15) is 12.6 Å². The molecule has 1 saturated carbocycles. The van der Waals surface area contributed by atoms with Gasteiger partial charge < -0.3 is 10.2 Å². The molecular formula is C32H38BrN3O4S. The van der Waals surface area contributed by atoms with E-state index in [9.17, 15) is 18.0 Å². The lowest BCUT2D eigenvalue weighted by molar-refractivity contribution is -0.140. The van der Waals surface area contributed by atoms with Gasteiger partial charge in [0.05, 0.1) is 11.9 Å². The Hall–Kier alpha value is -3.17. The first kappa shape index (κ1) is 30.8. The van der Waals surface area contributed by atoms with E-state index in [4.69, 9.17) is 0 Å². The molecule has 0 radical (unpaired) electrons. The van der Waals surface area contributed by atoms with Gasteiger partial charge in [-0.05, 0) is 61.1 Å². The zero-order chi connectivity index (χ0) is 29.6. The van der Waals surface area contributed by atoms with Crippen LogP contribution in [0.25, 0.3) is 0 Å². The number of sulfonamides is 1. The fourth-order valence-corrected chi connectivity index (χ4v) is 6.71. The summed E-state index contributed by atoms with van der Waals surface area (Å²) in [5.41, 5.74) is 3.75. The summed E-state index contributed by atoms with van der Waals surface area (Å²) >= 11 is 3.46. The molecule has 9 heteroatoms. The lowest BCUT2D eigenvalue weighted by atomic mass is 10.0. The van der Waals surface area contributed by atoms with E-state index in [0.29, 0.717) is 12.1 Å². The lowest BCUT2D eigenvalue weighted by Gasteiger charge is -2.34. The lowest BCUT2D eigenvalue weighted by Crippen LogP contribution is -2.54. The number of benzene rings is 3. The number of hydrogen-bond donors (Lipinski definition) is 1. The van der Waals surface area contributed by atoms with Gasteiger partial charge in [-0.15, -0.1) is 0 Å². The Labute approximate surface area is 252 Å². The monoisotopic (exact) mass is 639 g/mol. The van der Waals surface area contributed by atoms with E-state index < -0.39 is 28.5 Å². The number of rotatable bonds is 11. The molecule has 41 heavy (non-hydrogen) atoms. The summed E-state index contributed by atoms with van der Waals surface area (Å²) in [7, 11) is -3.81. The molecule has 1 aliphatic rings. The molecule has 0 aromatic heterocycles. The van der Waals surface area contributed by atoms with Crippen LogP contribution in [0.5, 0.6) is 0 Å². The van der Waals surface area contributed by atoms with Crippen molar-refractivity contribution in [2.45, 2.75) is 64.6 Å². The Morgan fingerprint density at radius 2 is 1.51 bits per heavy atom. The second kappa shape index (κ2) is 13.7. The van der Waals surface area contributed by atoms with Gasteiger partial charge >= 0.3 is 0 Å². The topological polar surface area (TPSA) is 86.8 Å². The summed E-state index contributed by atoms with van der Waals surface area (Å²) < 4.78 is 28.2. The molecule has 4 rings (SSSR count). The predicted molar refractivity (Wildman–Crippen MR) is 167 cm³/mol. The van der Waals surface area contributed by atoms with Crippen molar-refractivity contribution in [3.8, 4) is 0 Å². The molecule has 218 valence electrons. The molecular weight excluding hydrogens is 602 g/mol. The average molecular weight is 641 g/mol. The van der Waals surface area contributed by atoms with Gasteiger partial charge in [0.25, 0.3) is 0 Å². The second-order valence-electron chi connectivity index (χ2n) is 10.9. The number of aryl methyl sites for hydroxylation is 2. The highest BCUT2D eigenvalue weighted by molar-refractivity contribution is 9.10. The summed E-state index contributed by atoms with van der Waals surface area (Å²) in [4.78, 5) is 29.7. The fourth-order valence-electron chi connectivity index (χ4n) is 5.48. The third-order valence-electron chi connectivity index (χ3n) is 7.61. The van der Waals surface area contributed by atoms with Crippen molar-refractivity contribution in [2.75, 3.05) is 17.1 Å². The molecule has 7 nitrogen and oxygen atoms in total. The minimum Gasteiger partial charge on any atom is -0.352 e. The number of para-hydroxylation sites is 1. The van der Waals surface area contributed by atoms with Crippen LogP contribution in [0.3, 0.4) is 0 Å². The van der Waals surface area contributed by atoms with Gasteiger partial charge in [-0.3, -0.25) is 13.9 Å². The quantitative estimate of drug-likeness (QED) is 0.299. The van der Waals surface area contributed by atoms with Gasteiger partial charge in [0.15, 0.2) is 0 Å². The van der Waals surface area contributed by atoms with Gasteiger partial charge in [0, 0.05) is 23.5 Å². The van der Waals surface area contributed by atoms with Crippen molar-refractivity contribution in [3.63, 3.8) is 0 Å². The average Bonchev–Trinajstić information content (AvgIpc) is 3.44. The van der Waals surface area contributed by atoms with Gasteiger partial charge in [0.2, 0.25) is 21.8 Å². The van der Waals surface area contributed by atoms with E-state index in [1.54, 1.807) is 4.90 Å². The molecule has 1 atom stereocenters. The third-order valence-corrected chi connectivity index (χ3v) is 9.25. The SMILES string of the molecule is Cc1cccc(C)c1N(CC(=O)N(Cc1ccc(Br)cc1)C(Cc1ccccc1)C(=O)NC1CCCC1)S(C)(=O)=O. The van der Waals surface area contributed by atoms with E-state index in [0.717, 1.165) is 58.7 Å². The van der Waals surface area contributed by atoms with E-state index in [1.807, 2.05) is 86.6 Å². The van der Waals surface area contributed by atoms with Crippen LogP contribution in [-0.2, 0) is 32.6 Å². The number of hydrogen-bond acceptors (Lipinski definition) is 4. The number of amides is 2. The second-order valence-corrected chi connectivity index (χ2v) is 13.7. The molecule has 3 aromatic carbocycles. The minimum atomic E-state index is -3.81. The Balaban J connectivity index is 1.74. The first-order valence-electron chi connectivity index (χ1n) is 13.9. The maximum absolute atomic E-state index is 14.3. The molecule has 1 aliphatic carbocycles. The molecule has 2 amide bonds. The highest BCUT2D eigenvalue weighted by Crippen LogP contribution is 2.28. The van der Waals surface area contributed by atoms with Crippen LogP contribution in [0.15, 0.2) is 77.3 Å². The third kappa shape index (κ3) is 8.20. The van der Waals surface area contributed by atoms with Gasteiger partial charge in [-0.25, -0.2) is 8.42 Å². The summed E-state index contributed by atoms with van der Waals surface area (Å²) in [5.74, 6) is -0.660. The molecule has 0 saturated heterocycles. The Morgan fingerprint density at radius 3 is 2.10 bits per heavy atom. The summed E-state index contributed by atoms with van der Waals surface area (Å²) in [6.07, 6.45) is 5.38. The Bertz CT molecular complexity index is 1440. The van der Waals surface area contributed by atoms with Crippen LogP contribution in [0.2, 0.25) is 0 Å². The fraction of sp³-hybridized carbons (Fsp3) is 0.375. The van der Waals surface area contributed by atoms with E-state index in [2.05, 4.69) is 21.2 Å². The molecule has 1 unspecified atom stereocenters. The minimum absolute atomic E-state index is 0.0764. The number of halogens is 1. The molecule has 0 heterocycles. The molecule has 1 fully saturated rings. The van der Waals surface area contributed by atoms with Crippen LogP contribution in [0.4, 0.5) is 5.69 Å². The number of anilines is 1. The standard InChI is InChI=1S/C32H38BrN3O4S/c1-23-10-9-11-24(2)31(23)36(41(3,39)40)22-30(37)35(21-26-16-18-27(33)19-17-26)29(20-25-12-5-4-6-13-25)32(38)34-28-14-7-8-15-28/h4-6,9-13,16-19,28-29H,7-8,14-15,20-22H2,1-3H3,(H,34,38). The Morgan fingerprint density at radius 1 is 0.902 bits per heavy atom. The van der Waals surface area contributed by atoms with Crippen molar-refractivity contribution in [1.29, 1.82) is 0 Å². The normalized spacial score (nSPS) is 14.4. The highest BCUT2D eigenvalue weighted by Gasteiger charge is 2.34. The number of carbonyl (C=O) groups excluding carboxylic acids is 2. The number of nitrogens with one attached hydrogen (secondary N) is 1. The molecule has 1 N–H and O–H groups in total. The summed E-state index contributed by atoms with van der Waals surface area (Å²) in [6.45, 7) is 3.41. The maximum Gasteiger partial charge on any atom is 0.244 e. The van der Waals surface area contributed by atoms with Crippen molar-refractivity contribution < 1.29 is 18.0 Å². The molecule has 3 aromatic rings. The summed E-state index contributed by atoms with van der Waals surface area (Å²) in [6, 6.07) is 22.0. The van der Waals surface area contributed by atoms with Crippen LogP contribution in [-0.4, -0.2) is 50.0 Å².